The first kappa shape index (κ1) is 16.4. The van der Waals surface area contributed by atoms with Crippen molar-refractivity contribution in [3.05, 3.63) is 17.5 Å². The van der Waals surface area contributed by atoms with E-state index in [0.29, 0.717) is 44.2 Å². The molecule has 23 heavy (non-hydrogen) atoms. The van der Waals surface area contributed by atoms with Crippen LogP contribution in [0.4, 0.5) is 0 Å². The Hall–Kier alpha value is -1.45. The number of aromatic amines is 1. The Morgan fingerprint density at radius 3 is 2.74 bits per heavy atom. The summed E-state index contributed by atoms with van der Waals surface area (Å²) in [4.78, 5) is 14.1. The van der Waals surface area contributed by atoms with Gasteiger partial charge in [0.25, 0.3) is 5.91 Å². The lowest BCUT2D eigenvalue weighted by atomic mass is 10.0. The third-order valence-electron chi connectivity index (χ3n) is 4.35. The van der Waals surface area contributed by atoms with Crippen LogP contribution in [-0.4, -0.2) is 72.8 Å². The first-order valence-electron chi connectivity index (χ1n) is 7.86. The molecule has 8 nitrogen and oxygen atoms in total. The molecule has 3 heterocycles. The quantitative estimate of drug-likeness (QED) is 0.856. The van der Waals surface area contributed by atoms with Gasteiger partial charge in [-0.3, -0.25) is 9.89 Å². The summed E-state index contributed by atoms with van der Waals surface area (Å²) in [5.74, 6) is -0.141. The molecule has 3 rings (SSSR count). The lowest BCUT2D eigenvalue weighted by Crippen LogP contribution is -2.40. The average Bonchev–Trinajstić information content (AvgIpc) is 3.04. The van der Waals surface area contributed by atoms with Crippen molar-refractivity contribution in [3.63, 3.8) is 0 Å². The molecule has 2 fully saturated rings. The first-order chi connectivity index (χ1) is 11.0. The van der Waals surface area contributed by atoms with Crippen molar-refractivity contribution in [2.45, 2.75) is 25.3 Å². The predicted molar refractivity (Wildman–Crippen MR) is 83.5 cm³/mol. The second-order valence-electron chi connectivity index (χ2n) is 6.00. The summed E-state index contributed by atoms with van der Waals surface area (Å²) >= 11 is 0. The van der Waals surface area contributed by atoms with Crippen LogP contribution < -0.4 is 0 Å². The zero-order valence-electron chi connectivity index (χ0n) is 13.2. The summed E-state index contributed by atoms with van der Waals surface area (Å²) in [6.07, 6.45) is 3.78. The minimum absolute atomic E-state index is 0.141. The fourth-order valence-corrected chi connectivity index (χ4v) is 4.30. The maximum absolute atomic E-state index is 12.4. The molecule has 0 aromatic carbocycles. The lowest BCUT2D eigenvalue weighted by Gasteiger charge is -2.32. The van der Waals surface area contributed by atoms with Gasteiger partial charge < -0.3 is 9.64 Å². The molecule has 1 amide bonds. The molecular formula is C14H22N4O4S. The van der Waals surface area contributed by atoms with E-state index in [2.05, 4.69) is 10.2 Å². The maximum atomic E-state index is 12.4. The highest BCUT2D eigenvalue weighted by molar-refractivity contribution is 7.88. The van der Waals surface area contributed by atoms with Crippen LogP contribution in [0.1, 0.15) is 41.5 Å². The number of aromatic nitrogens is 2. The molecule has 0 bridgehead atoms. The van der Waals surface area contributed by atoms with E-state index in [-0.39, 0.29) is 11.9 Å². The number of ether oxygens (including phenoxy) is 1. The number of sulfonamides is 1. The van der Waals surface area contributed by atoms with Gasteiger partial charge >= 0.3 is 0 Å². The fraction of sp³-hybridized carbons (Fsp3) is 0.714. The summed E-state index contributed by atoms with van der Waals surface area (Å²) in [6.45, 7) is 2.69. The number of nitrogens with zero attached hydrogens (tertiary/aromatic N) is 3. The van der Waals surface area contributed by atoms with E-state index >= 15 is 0 Å². The Morgan fingerprint density at radius 1 is 1.30 bits per heavy atom. The molecule has 0 aliphatic carbocycles. The number of hydrogen-bond acceptors (Lipinski definition) is 5. The van der Waals surface area contributed by atoms with E-state index in [0.717, 1.165) is 19.3 Å². The van der Waals surface area contributed by atoms with Crippen molar-refractivity contribution in [1.29, 1.82) is 0 Å². The number of carbonyl (C=O) groups excluding carboxylic acids is 1. The highest BCUT2D eigenvalue weighted by Gasteiger charge is 2.32. The van der Waals surface area contributed by atoms with E-state index in [1.807, 2.05) is 0 Å². The maximum Gasteiger partial charge on any atom is 0.274 e. The molecule has 2 aliphatic heterocycles. The largest absolute Gasteiger partial charge is 0.378 e. The monoisotopic (exact) mass is 342 g/mol. The van der Waals surface area contributed by atoms with Gasteiger partial charge in [0.15, 0.2) is 0 Å². The molecule has 0 radical (unpaired) electrons. The van der Waals surface area contributed by atoms with Gasteiger partial charge in [-0.2, -0.15) is 9.40 Å². The van der Waals surface area contributed by atoms with Crippen LogP contribution in [0.5, 0.6) is 0 Å². The molecule has 9 heteroatoms. The van der Waals surface area contributed by atoms with E-state index < -0.39 is 10.0 Å². The van der Waals surface area contributed by atoms with Crippen LogP contribution in [0, 0.1) is 0 Å². The summed E-state index contributed by atoms with van der Waals surface area (Å²) in [7, 11) is -3.28. The number of H-pyrrole nitrogens is 1. The number of amides is 1. The van der Waals surface area contributed by atoms with Crippen LogP contribution in [0.3, 0.4) is 0 Å². The van der Waals surface area contributed by atoms with Crippen molar-refractivity contribution in [2.24, 2.45) is 0 Å². The molecular weight excluding hydrogens is 320 g/mol. The Bertz CT molecular complexity index is 666. The third-order valence-corrected chi connectivity index (χ3v) is 5.64. The van der Waals surface area contributed by atoms with Crippen molar-refractivity contribution < 1.29 is 17.9 Å². The fourth-order valence-electron chi connectivity index (χ4n) is 3.16. The molecule has 0 spiro atoms. The molecule has 2 saturated heterocycles. The minimum Gasteiger partial charge on any atom is -0.378 e. The molecule has 0 saturated carbocycles. The summed E-state index contributed by atoms with van der Waals surface area (Å²) in [5.41, 5.74) is 1.02. The molecule has 128 valence electrons. The molecule has 1 unspecified atom stereocenters. The van der Waals surface area contributed by atoms with Gasteiger partial charge in [0.1, 0.15) is 5.69 Å². The third kappa shape index (κ3) is 3.56. The minimum atomic E-state index is -3.28. The van der Waals surface area contributed by atoms with E-state index in [4.69, 9.17) is 4.74 Å². The molecule has 1 aromatic heterocycles. The summed E-state index contributed by atoms with van der Waals surface area (Å²) in [5, 5.41) is 6.97. The number of nitrogens with one attached hydrogen (secondary N) is 1. The number of morpholine rings is 1. The lowest BCUT2D eigenvalue weighted by molar-refractivity contribution is 0.0299. The Balaban J connectivity index is 1.78. The van der Waals surface area contributed by atoms with Gasteiger partial charge in [0.2, 0.25) is 10.0 Å². The van der Waals surface area contributed by atoms with Gasteiger partial charge in [-0.05, 0) is 18.9 Å². The Labute approximate surface area is 135 Å². The van der Waals surface area contributed by atoms with Gasteiger partial charge in [0.05, 0.1) is 31.2 Å². The predicted octanol–water partition coefficient (Wildman–Crippen LogP) is 0.369. The van der Waals surface area contributed by atoms with Crippen molar-refractivity contribution in [2.75, 3.05) is 39.1 Å². The highest BCUT2D eigenvalue weighted by Crippen LogP contribution is 2.32. The molecule has 1 N–H and O–H groups in total. The zero-order valence-corrected chi connectivity index (χ0v) is 14.0. The molecule has 1 atom stereocenters. The van der Waals surface area contributed by atoms with Crippen LogP contribution in [0.15, 0.2) is 6.07 Å². The average molecular weight is 342 g/mol. The first-order valence-corrected chi connectivity index (χ1v) is 9.71. The number of piperidine rings is 1. The van der Waals surface area contributed by atoms with E-state index in [1.54, 1.807) is 11.0 Å². The van der Waals surface area contributed by atoms with Crippen molar-refractivity contribution in [1.82, 2.24) is 19.4 Å². The number of rotatable bonds is 3. The Kier molecular flexibility index (Phi) is 4.69. The van der Waals surface area contributed by atoms with Gasteiger partial charge in [0, 0.05) is 19.6 Å². The standard InChI is InChI=1S/C14H22N4O4S/c1-23(20,21)18-5-3-2-4-13(18)11-10-12(16-15-11)14(19)17-6-8-22-9-7-17/h10,13H,2-9H2,1H3,(H,15,16). The molecule has 1 aromatic rings. The van der Waals surface area contributed by atoms with Crippen LogP contribution in [0.2, 0.25) is 0 Å². The topological polar surface area (TPSA) is 95.6 Å². The zero-order chi connectivity index (χ0) is 16.4. The normalized spacial score (nSPS) is 23.9. The number of hydrogen-bond donors (Lipinski definition) is 1. The van der Waals surface area contributed by atoms with Gasteiger partial charge in [-0.1, -0.05) is 6.42 Å². The SMILES string of the molecule is CS(=O)(=O)N1CCCCC1c1cc(C(=O)N2CCOCC2)n[nH]1. The van der Waals surface area contributed by atoms with Gasteiger partial charge in [-0.15, -0.1) is 0 Å². The van der Waals surface area contributed by atoms with E-state index in [1.165, 1.54) is 10.6 Å². The number of carbonyl (C=O) groups is 1. The van der Waals surface area contributed by atoms with Crippen molar-refractivity contribution >= 4 is 15.9 Å². The Morgan fingerprint density at radius 2 is 2.04 bits per heavy atom. The van der Waals surface area contributed by atoms with E-state index in [9.17, 15) is 13.2 Å². The van der Waals surface area contributed by atoms with Crippen LogP contribution in [0.25, 0.3) is 0 Å². The van der Waals surface area contributed by atoms with Crippen LogP contribution in [-0.2, 0) is 14.8 Å². The smallest absolute Gasteiger partial charge is 0.274 e. The van der Waals surface area contributed by atoms with Crippen molar-refractivity contribution in [3.8, 4) is 0 Å². The summed E-state index contributed by atoms with van der Waals surface area (Å²) in [6, 6.07) is 1.42. The highest BCUT2D eigenvalue weighted by atomic mass is 32.2. The van der Waals surface area contributed by atoms with Crippen LogP contribution >= 0.6 is 0 Å². The summed E-state index contributed by atoms with van der Waals surface area (Å²) < 4.78 is 30.7. The molecule has 2 aliphatic rings. The second kappa shape index (κ2) is 6.58. The van der Waals surface area contributed by atoms with Gasteiger partial charge in [-0.25, -0.2) is 8.42 Å². The second-order valence-corrected chi connectivity index (χ2v) is 7.93.